The van der Waals surface area contributed by atoms with Gasteiger partial charge in [-0.2, -0.15) is 0 Å². The van der Waals surface area contributed by atoms with Gasteiger partial charge >= 0.3 is 0 Å². The molecular weight excluding hydrogens is 236 g/mol. The van der Waals surface area contributed by atoms with Crippen LogP contribution in [0.25, 0.3) is 0 Å². The van der Waals surface area contributed by atoms with Crippen molar-refractivity contribution in [2.75, 3.05) is 0 Å². The van der Waals surface area contributed by atoms with Gasteiger partial charge in [-0.25, -0.2) is 0 Å². The van der Waals surface area contributed by atoms with E-state index in [4.69, 9.17) is 0 Å². The first kappa shape index (κ1) is 13.0. The Hall–Kier alpha value is -2.48. The number of aryl methyl sites for hydroxylation is 1. The number of rotatable bonds is 4. The maximum atomic E-state index is 11.9. The summed E-state index contributed by atoms with van der Waals surface area (Å²) in [5.41, 5.74) is 2.26. The highest BCUT2D eigenvalue weighted by Crippen LogP contribution is 2.06. The minimum absolute atomic E-state index is 0.163. The SMILES string of the molecule is Cc1ccc(C(=O)C=CC(=O)c2ccccc2)cc1. The predicted molar refractivity (Wildman–Crippen MR) is 75.4 cm³/mol. The maximum Gasteiger partial charge on any atom is 0.185 e. The first-order valence-electron chi connectivity index (χ1n) is 6.05. The standard InChI is InChI=1S/C17H14O2/c1-13-7-9-15(10-8-13)17(19)12-11-16(18)14-5-3-2-4-6-14/h2-12H,1H3. The van der Waals surface area contributed by atoms with E-state index >= 15 is 0 Å². The molecule has 0 aliphatic carbocycles. The van der Waals surface area contributed by atoms with Crippen molar-refractivity contribution in [3.63, 3.8) is 0 Å². The van der Waals surface area contributed by atoms with E-state index < -0.39 is 0 Å². The Bertz CT molecular complexity index is 607. The molecule has 0 bridgehead atoms. The lowest BCUT2D eigenvalue weighted by Gasteiger charge is -1.97. The van der Waals surface area contributed by atoms with Crippen molar-refractivity contribution >= 4 is 11.6 Å². The van der Waals surface area contributed by atoms with E-state index in [0.717, 1.165) is 5.56 Å². The van der Waals surface area contributed by atoms with Crippen molar-refractivity contribution in [1.82, 2.24) is 0 Å². The molecule has 0 aliphatic heterocycles. The molecule has 0 radical (unpaired) electrons. The van der Waals surface area contributed by atoms with Crippen LogP contribution in [0.15, 0.2) is 66.7 Å². The van der Waals surface area contributed by atoms with E-state index in [0.29, 0.717) is 11.1 Å². The maximum absolute atomic E-state index is 11.9. The summed E-state index contributed by atoms with van der Waals surface area (Å²) < 4.78 is 0. The van der Waals surface area contributed by atoms with Crippen molar-refractivity contribution in [2.24, 2.45) is 0 Å². The third-order valence-electron chi connectivity index (χ3n) is 2.78. The van der Waals surface area contributed by atoms with Gasteiger partial charge in [0.25, 0.3) is 0 Å². The first-order valence-corrected chi connectivity index (χ1v) is 6.05. The van der Waals surface area contributed by atoms with Gasteiger partial charge in [-0.1, -0.05) is 60.2 Å². The average molecular weight is 250 g/mol. The van der Waals surface area contributed by atoms with Crippen LogP contribution in [-0.4, -0.2) is 11.6 Å². The topological polar surface area (TPSA) is 34.1 Å². The van der Waals surface area contributed by atoms with Crippen LogP contribution in [0.4, 0.5) is 0 Å². The number of allylic oxidation sites excluding steroid dienone is 2. The van der Waals surface area contributed by atoms with Crippen LogP contribution >= 0.6 is 0 Å². The summed E-state index contributed by atoms with van der Waals surface area (Å²) in [7, 11) is 0. The van der Waals surface area contributed by atoms with Crippen LogP contribution in [0.3, 0.4) is 0 Å². The van der Waals surface area contributed by atoms with Crippen molar-refractivity contribution in [3.05, 3.63) is 83.4 Å². The molecule has 0 saturated heterocycles. The third-order valence-corrected chi connectivity index (χ3v) is 2.78. The number of hydrogen-bond acceptors (Lipinski definition) is 2. The second-order valence-electron chi connectivity index (χ2n) is 4.29. The monoisotopic (exact) mass is 250 g/mol. The number of carbonyl (C=O) groups is 2. The fourth-order valence-electron chi connectivity index (χ4n) is 1.66. The van der Waals surface area contributed by atoms with Crippen molar-refractivity contribution in [3.8, 4) is 0 Å². The highest BCUT2D eigenvalue weighted by atomic mass is 16.1. The zero-order valence-electron chi connectivity index (χ0n) is 10.7. The second kappa shape index (κ2) is 5.91. The Morgan fingerprint density at radius 2 is 1.21 bits per heavy atom. The zero-order chi connectivity index (χ0) is 13.7. The van der Waals surface area contributed by atoms with Crippen molar-refractivity contribution < 1.29 is 9.59 Å². The van der Waals surface area contributed by atoms with E-state index in [1.54, 1.807) is 36.4 Å². The van der Waals surface area contributed by atoms with Crippen LogP contribution in [0.2, 0.25) is 0 Å². The molecule has 94 valence electrons. The van der Waals surface area contributed by atoms with Gasteiger partial charge in [-0.05, 0) is 19.1 Å². The van der Waals surface area contributed by atoms with Gasteiger partial charge in [0.05, 0.1) is 0 Å². The van der Waals surface area contributed by atoms with Gasteiger partial charge in [0.1, 0.15) is 0 Å². The molecule has 0 aromatic heterocycles. The lowest BCUT2D eigenvalue weighted by atomic mass is 10.1. The lowest BCUT2D eigenvalue weighted by Crippen LogP contribution is -1.98. The molecule has 0 aliphatic rings. The summed E-state index contributed by atoms with van der Waals surface area (Å²) in [6, 6.07) is 16.2. The van der Waals surface area contributed by atoms with Gasteiger partial charge < -0.3 is 0 Å². The normalized spacial score (nSPS) is 10.6. The van der Waals surface area contributed by atoms with Crippen molar-refractivity contribution in [1.29, 1.82) is 0 Å². The summed E-state index contributed by atoms with van der Waals surface area (Å²) >= 11 is 0. The fraction of sp³-hybridized carbons (Fsp3) is 0.0588. The molecule has 2 aromatic carbocycles. The van der Waals surface area contributed by atoms with E-state index in [9.17, 15) is 9.59 Å². The van der Waals surface area contributed by atoms with Crippen LogP contribution in [0.5, 0.6) is 0 Å². The molecular formula is C17H14O2. The number of carbonyl (C=O) groups excluding carboxylic acids is 2. The van der Waals surface area contributed by atoms with E-state index in [1.807, 2.05) is 25.1 Å². The van der Waals surface area contributed by atoms with Crippen LogP contribution in [-0.2, 0) is 0 Å². The summed E-state index contributed by atoms with van der Waals surface area (Å²) in [6.45, 7) is 1.96. The minimum atomic E-state index is -0.166. The van der Waals surface area contributed by atoms with Crippen LogP contribution in [0.1, 0.15) is 26.3 Å². The van der Waals surface area contributed by atoms with Crippen LogP contribution < -0.4 is 0 Å². The zero-order valence-corrected chi connectivity index (χ0v) is 10.7. The van der Waals surface area contributed by atoms with E-state index in [-0.39, 0.29) is 11.6 Å². The Balaban J connectivity index is 2.09. The molecule has 0 atom stereocenters. The molecule has 2 heteroatoms. The number of hydrogen-bond donors (Lipinski definition) is 0. The minimum Gasteiger partial charge on any atom is -0.289 e. The molecule has 0 N–H and O–H groups in total. The Labute approximate surface area is 112 Å². The number of benzene rings is 2. The Morgan fingerprint density at radius 1 is 0.737 bits per heavy atom. The molecule has 0 fully saturated rings. The highest BCUT2D eigenvalue weighted by molar-refractivity contribution is 6.11. The Kier molecular flexibility index (Phi) is 4.04. The molecule has 0 amide bonds. The quantitative estimate of drug-likeness (QED) is 0.613. The Morgan fingerprint density at radius 3 is 1.74 bits per heavy atom. The van der Waals surface area contributed by atoms with Gasteiger partial charge in [-0.3, -0.25) is 9.59 Å². The predicted octanol–water partition coefficient (Wildman–Crippen LogP) is 3.62. The third kappa shape index (κ3) is 3.49. The smallest absolute Gasteiger partial charge is 0.185 e. The average Bonchev–Trinajstić information content (AvgIpc) is 2.46. The molecule has 2 rings (SSSR count). The number of ketones is 2. The summed E-state index contributed by atoms with van der Waals surface area (Å²) in [4.78, 5) is 23.6. The summed E-state index contributed by atoms with van der Waals surface area (Å²) in [6.07, 6.45) is 2.64. The molecule has 0 saturated carbocycles. The van der Waals surface area contributed by atoms with E-state index in [2.05, 4.69) is 0 Å². The highest BCUT2D eigenvalue weighted by Gasteiger charge is 2.03. The summed E-state index contributed by atoms with van der Waals surface area (Å²) in [5.74, 6) is -0.328. The molecule has 0 heterocycles. The molecule has 19 heavy (non-hydrogen) atoms. The molecule has 0 spiro atoms. The molecule has 2 nitrogen and oxygen atoms in total. The lowest BCUT2D eigenvalue weighted by molar-refractivity contribution is 0.102. The van der Waals surface area contributed by atoms with Gasteiger partial charge in [0.15, 0.2) is 11.6 Å². The van der Waals surface area contributed by atoms with Gasteiger partial charge in [-0.15, -0.1) is 0 Å². The molecule has 0 unspecified atom stereocenters. The van der Waals surface area contributed by atoms with E-state index in [1.165, 1.54) is 12.2 Å². The second-order valence-corrected chi connectivity index (χ2v) is 4.29. The summed E-state index contributed by atoms with van der Waals surface area (Å²) in [5, 5.41) is 0. The van der Waals surface area contributed by atoms with Gasteiger partial charge in [0, 0.05) is 11.1 Å². The van der Waals surface area contributed by atoms with Crippen molar-refractivity contribution in [2.45, 2.75) is 6.92 Å². The van der Waals surface area contributed by atoms with Gasteiger partial charge in [0.2, 0.25) is 0 Å². The first-order chi connectivity index (χ1) is 9.16. The molecule has 2 aromatic rings. The fourth-order valence-corrected chi connectivity index (χ4v) is 1.66. The van der Waals surface area contributed by atoms with Crippen LogP contribution in [0, 0.1) is 6.92 Å². The largest absolute Gasteiger partial charge is 0.289 e.